The molecule has 0 atom stereocenters. The maximum atomic E-state index is 8.58. The summed E-state index contributed by atoms with van der Waals surface area (Å²) in [6.07, 6.45) is 11.4. The van der Waals surface area contributed by atoms with Gasteiger partial charge in [-0.1, -0.05) is 31.9 Å². The average molecular weight is 404 g/mol. The van der Waals surface area contributed by atoms with Crippen molar-refractivity contribution in [3.05, 3.63) is 60.0 Å². The van der Waals surface area contributed by atoms with Crippen LogP contribution in [0.4, 0.5) is 0 Å². The molecular formula is C12H12Br2FeO2+2. The molecule has 17 heavy (non-hydrogen) atoms. The minimum absolute atomic E-state index is 0. The van der Waals surface area contributed by atoms with Gasteiger partial charge in [0.2, 0.25) is 0 Å². The standard InChI is InChI=1S/2C6H6BrO.Fe/c2*7-6-3-1-2-5(6)4-8;/h2*1-3,8H,4H2;/q;;+2. The first-order chi connectivity index (χ1) is 7.69. The molecular weight excluding hydrogens is 392 g/mol. The minimum atomic E-state index is 0. The fourth-order valence-electron chi connectivity index (χ4n) is 1.13. The summed E-state index contributed by atoms with van der Waals surface area (Å²) in [6, 6.07) is 0. The van der Waals surface area contributed by atoms with Crippen LogP contribution in [0.2, 0.25) is 0 Å². The zero-order chi connectivity index (χ0) is 12.0. The van der Waals surface area contributed by atoms with Crippen molar-refractivity contribution in [1.82, 2.24) is 0 Å². The fraction of sp³-hybridized carbons (Fsp3) is 0.167. The molecule has 2 aliphatic rings. The second-order valence-electron chi connectivity index (χ2n) is 3.11. The van der Waals surface area contributed by atoms with Gasteiger partial charge in [0.05, 0.1) is 22.9 Å². The third-order valence-electron chi connectivity index (χ3n) is 2.03. The summed E-state index contributed by atoms with van der Waals surface area (Å²) in [7, 11) is 0. The molecule has 0 spiro atoms. The molecule has 0 heterocycles. The van der Waals surface area contributed by atoms with Crippen molar-refractivity contribution < 1.29 is 27.3 Å². The molecule has 10 radical (unpaired) electrons. The number of halogens is 2. The Morgan fingerprint density at radius 2 is 1.12 bits per heavy atom. The molecule has 2 N–H and O–H groups in total. The molecule has 0 aliphatic heterocycles. The maximum absolute atomic E-state index is 8.58. The molecule has 0 aromatic rings. The van der Waals surface area contributed by atoms with Crippen LogP contribution in [-0.2, 0) is 17.1 Å². The van der Waals surface area contributed by atoms with Crippen LogP contribution < -0.4 is 0 Å². The number of rotatable bonds is 2. The molecule has 0 unspecified atom stereocenters. The Morgan fingerprint density at radius 1 is 0.765 bits per heavy atom. The van der Waals surface area contributed by atoms with Crippen LogP contribution in [0, 0.1) is 60.0 Å². The first-order valence-corrected chi connectivity index (χ1v) is 6.29. The quantitative estimate of drug-likeness (QED) is 0.694. The van der Waals surface area contributed by atoms with Gasteiger partial charge in [-0.05, 0) is 38.5 Å². The predicted octanol–water partition coefficient (Wildman–Crippen LogP) is 2.21. The van der Waals surface area contributed by atoms with Crippen LogP contribution in [-0.4, -0.2) is 23.4 Å². The van der Waals surface area contributed by atoms with E-state index in [-0.39, 0.29) is 30.3 Å². The van der Waals surface area contributed by atoms with Gasteiger partial charge < -0.3 is 10.2 Å². The Morgan fingerprint density at radius 3 is 1.24 bits per heavy atom. The van der Waals surface area contributed by atoms with E-state index in [1.54, 1.807) is 0 Å². The van der Waals surface area contributed by atoms with E-state index in [1.807, 2.05) is 38.5 Å². The predicted molar refractivity (Wildman–Crippen MR) is 70.8 cm³/mol. The van der Waals surface area contributed by atoms with Crippen molar-refractivity contribution in [3.63, 3.8) is 0 Å². The summed E-state index contributed by atoms with van der Waals surface area (Å²) < 4.78 is 0. The van der Waals surface area contributed by atoms with Crippen LogP contribution in [0.3, 0.4) is 0 Å². The van der Waals surface area contributed by atoms with E-state index >= 15 is 0 Å². The first-order valence-electron chi connectivity index (χ1n) is 4.71. The van der Waals surface area contributed by atoms with Gasteiger partial charge in [0.15, 0.2) is 0 Å². The van der Waals surface area contributed by atoms with E-state index < -0.39 is 0 Å². The average Bonchev–Trinajstić information content (AvgIpc) is 2.87. The zero-order valence-corrected chi connectivity index (χ0v) is 13.2. The third kappa shape index (κ3) is 6.40. The Hall–Kier alpha value is 1.40. The van der Waals surface area contributed by atoms with Crippen molar-refractivity contribution >= 4 is 31.9 Å². The molecule has 5 heteroatoms. The van der Waals surface area contributed by atoms with Gasteiger partial charge in [-0.15, -0.1) is 0 Å². The summed E-state index contributed by atoms with van der Waals surface area (Å²) in [5.74, 6) is 1.90. The van der Waals surface area contributed by atoms with Crippen molar-refractivity contribution in [2.24, 2.45) is 0 Å². The Labute approximate surface area is 132 Å². The summed E-state index contributed by atoms with van der Waals surface area (Å²) in [5.41, 5.74) is 0. The van der Waals surface area contributed by atoms with Crippen molar-refractivity contribution in [2.45, 2.75) is 0 Å². The smallest absolute Gasteiger partial charge is 0.396 e. The second kappa shape index (κ2) is 10.2. The summed E-state index contributed by atoms with van der Waals surface area (Å²) in [5, 5.41) is 17.2. The number of aliphatic hydroxyl groups is 2. The Balaban J connectivity index is 0.000000284. The minimum Gasteiger partial charge on any atom is -0.396 e. The topological polar surface area (TPSA) is 40.5 Å². The third-order valence-corrected chi connectivity index (χ3v) is 3.58. The number of hydrogen-bond donors (Lipinski definition) is 2. The summed E-state index contributed by atoms with van der Waals surface area (Å²) in [6.45, 7) is 0.237. The van der Waals surface area contributed by atoms with E-state index in [2.05, 4.69) is 31.9 Å². The maximum Gasteiger partial charge on any atom is 2.00 e. The van der Waals surface area contributed by atoms with E-state index in [4.69, 9.17) is 10.2 Å². The zero-order valence-electron chi connectivity index (χ0n) is 8.88. The van der Waals surface area contributed by atoms with E-state index in [1.165, 1.54) is 0 Å². The van der Waals surface area contributed by atoms with Crippen LogP contribution in [0.15, 0.2) is 0 Å². The van der Waals surface area contributed by atoms with Crippen LogP contribution in [0.25, 0.3) is 0 Å². The van der Waals surface area contributed by atoms with Gasteiger partial charge in [-0.25, -0.2) is 0 Å². The van der Waals surface area contributed by atoms with E-state index in [0.29, 0.717) is 0 Å². The fourth-order valence-corrected chi connectivity index (χ4v) is 1.95. The van der Waals surface area contributed by atoms with E-state index in [9.17, 15) is 0 Å². The van der Waals surface area contributed by atoms with Gasteiger partial charge in [0, 0.05) is 11.8 Å². The molecule has 2 saturated carbocycles. The second-order valence-corrected chi connectivity index (χ2v) is 4.82. The summed E-state index contributed by atoms with van der Waals surface area (Å²) in [4.78, 5) is 1.97. The van der Waals surface area contributed by atoms with Gasteiger partial charge in [-0.2, -0.15) is 0 Å². The van der Waals surface area contributed by atoms with Crippen molar-refractivity contribution in [1.29, 1.82) is 0 Å². The molecule has 2 aliphatic carbocycles. The number of hydrogen-bond acceptors (Lipinski definition) is 2. The molecule has 0 amide bonds. The van der Waals surface area contributed by atoms with Gasteiger partial charge in [-0.3, -0.25) is 0 Å². The molecule has 0 aromatic heterocycles. The van der Waals surface area contributed by atoms with Gasteiger partial charge in [0.1, 0.15) is 0 Å². The Kier molecular flexibility index (Phi) is 11.1. The van der Waals surface area contributed by atoms with Crippen LogP contribution >= 0.6 is 31.9 Å². The monoisotopic (exact) mass is 402 g/mol. The van der Waals surface area contributed by atoms with Gasteiger partial charge in [0.25, 0.3) is 0 Å². The first kappa shape index (κ1) is 18.4. The molecule has 2 fully saturated rings. The molecule has 0 aromatic carbocycles. The van der Waals surface area contributed by atoms with E-state index in [0.717, 1.165) is 21.5 Å². The Bertz CT molecular complexity index is 175. The SMILES string of the molecule is OC[C]1[CH][CH][CH][C]1Br.OC[C]1[CH][CH][CH][C]1Br.[Fe+2]. The molecule has 0 saturated heterocycles. The molecule has 2 nitrogen and oxygen atoms in total. The summed E-state index contributed by atoms with van der Waals surface area (Å²) >= 11 is 6.53. The van der Waals surface area contributed by atoms with Crippen LogP contribution in [0.5, 0.6) is 0 Å². The van der Waals surface area contributed by atoms with Gasteiger partial charge >= 0.3 is 17.1 Å². The number of aliphatic hydroxyl groups excluding tert-OH is 2. The van der Waals surface area contributed by atoms with Crippen molar-refractivity contribution in [3.8, 4) is 0 Å². The largest absolute Gasteiger partial charge is 2.00 e. The molecule has 92 valence electrons. The normalized spacial score (nSPS) is 23.3. The molecule has 2 rings (SSSR count). The van der Waals surface area contributed by atoms with Crippen molar-refractivity contribution in [2.75, 3.05) is 13.2 Å². The van der Waals surface area contributed by atoms with Crippen LogP contribution in [0.1, 0.15) is 0 Å². The molecule has 0 bridgehead atoms.